The first-order valence-electron chi connectivity index (χ1n) is 15.6. The molecule has 0 amide bonds. The van der Waals surface area contributed by atoms with E-state index in [2.05, 4.69) is 13.8 Å². The standard InChI is InChI=1S/C33H53FO/c1-3-5-6-7-8-25-9-11-26(12-10-25)13-14-27-15-16-29-23-30(18-17-28(29)22-27)32-20-19-31(24-33(32)34)35-21-4-2/h19-20,24-30H,3-18,21-23H2,1-2H3. The van der Waals surface area contributed by atoms with Crippen molar-refractivity contribution in [1.82, 2.24) is 0 Å². The molecule has 0 bridgehead atoms. The molecule has 0 aliphatic heterocycles. The van der Waals surface area contributed by atoms with Crippen molar-refractivity contribution >= 4 is 0 Å². The van der Waals surface area contributed by atoms with Crippen molar-refractivity contribution < 1.29 is 9.13 Å². The topological polar surface area (TPSA) is 9.23 Å². The van der Waals surface area contributed by atoms with Crippen molar-refractivity contribution in [3.8, 4) is 5.75 Å². The quantitative estimate of drug-likeness (QED) is 0.268. The molecule has 0 aromatic heterocycles. The maximum atomic E-state index is 14.9. The Morgan fingerprint density at radius 3 is 2.14 bits per heavy atom. The van der Waals surface area contributed by atoms with Crippen LogP contribution in [-0.2, 0) is 0 Å². The fourth-order valence-electron chi connectivity index (χ4n) is 7.82. The molecule has 4 rings (SSSR count). The third kappa shape index (κ3) is 7.96. The lowest BCUT2D eigenvalue weighted by molar-refractivity contribution is 0.108. The van der Waals surface area contributed by atoms with Gasteiger partial charge in [-0.05, 0) is 85.7 Å². The zero-order valence-corrected chi connectivity index (χ0v) is 22.9. The Morgan fingerprint density at radius 2 is 1.40 bits per heavy atom. The normalized spacial score (nSPS) is 31.2. The molecule has 0 N–H and O–H groups in total. The van der Waals surface area contributed by atoms with Crippen LogP contribution in [-0.4, -0.2) is 6.61 Å². The Balaban J connectivity index is 1.15. The molecule has 2 heteroatoms. The molecule has 1 nitrogen and oxygen atoms in total. The summed E-state index contributed by atoms with van der Waals surface area (Å²) in [5, 5.41) is 0. The predicted octanol–water partition coefficient (Wildman–Crippen LogP) is 10.5. The summed E-state index contributed by atoms with van der Waals surface area (Å²) in [4.78, 5) is 0. The van der Waals surface area contributed by atoms with Crippen molar-refractivity contribution in [3.63, 3.8) is 0 Å². The predicted molar refractivity (Wildman–Crippen MR) is 147 cm³/mol. The van der Waals surface area contributed by atoms with Crippen LogP contribution < -0.4 is 4.74 Å². The Labute approximate surface area is 216 Å². The van der Waals surface area contributed by atoms with Gasteiger partial charge in [-0.3, -0.25) is 0 Å². The van der Waals surface area contributed by atoms with Crippen LogP contribution in [0.4, 0.5) is 4.39 Å². The molecular weight excluding hydrogens is 431 g/mol. The Kier molecular flexibility index (Phi) is 10.8. The highest BCUT2D eigenvalue weighted by Gasteiger charge is 2.36. The average Bonchev–Trinajstić information content (AvgIpc) is 2.89. The van der Waals surface area contributed by atoms with Gasteiger partial charge in [-0.25, -0.2) is 4.39 Å². The zero-order chi connectivity index (χ0) is 24.5. The summed E-state index contributed by atoms with van der Waals surface area (Å²) < 4.78 is 20.5. The van der Waals surface area contributed by atoms with Crippen molar-refractivity contribution in [3.05, 3.63) is 29.6 Å². The van der Waals surface area contributed by atoms with Gasteiger partial charge in [0.1, 0.15) is 11.6 Å². The molecule has 0 spiro atoms. The van der Waals surface area contributed by atoms with E-state index in [1.807, 2.05) is 12.1 Å². The number of unbranched alkanes of at least 4 members (excludes halogenated alkanes) is 3. The minimum Gasteiger partial charge on any atom is -0.494 e. The highest BCUT2D eigenvalue weighted by Crippen LogP contribution is 2.49. The van der Waals surface area contributed by atoms with Crippen LogP contribution in [0.25, 0.3) is 0 Å². The largest absolute Gasteiger partial charge is 0.494 e. The Morgan fingerprint density at radius 1 is 0.714 bits per heavy atom. The van der Waals surface area contributed by atoms with Crippen LogP contribution in [0.1, 0.15) is 141 Å². The molecule has 1 aromatic rings. The first-order chi connectivity index (χ1) is 17.2. The molecule has 3 aliphatic rings. The van der Waals surface area contributed by atoms with E-state index in [-0.39, 0.29) is 5.82 Å². The summed E-state index contributed by atoms with van der Waals surface area (Å²) in [5.41, 5.74) is 0.940. The van der Waals surface area contributed by atoms with Gasteiger partial charge in [-0.2, -0.15) is 0 Å². The van der Waals surface area contributed by atoms with Gasteiger partial charge in [0, 0.05) is 6.07 Å². The number of rotatable bonds is 12. The number of hydrogen-bond acceptors (Lipinski definition) is 1. The molecule has 0 heterocycles. The summed E-state index contributed by atoms with van der Waals surface area (Å²) in [6.07, 6.45) is 25.1. The van der Waals surface area contributed by atoms with Crippen LogP contribution in [0.15, 0.2) is 18.2 Å². The van der Waals surface area contributed by atoms with Crippen LogP contribution in [0.2, 0.25) is 0 Å². The smallest absolute Gasteiger partial charge is 0.130 e. The van der Waals surface area contributed by atoms with E-state index in [4.69, 9.17) is 4.74 Å². The van der Waals surface area contributed by atoms with Crippen molar-refractivity contribution in [2.24, 2.45) is 29.6 Å². The molecule has 3 aliphatic carbocycles. The molecule has 1 aromatic carbocycles. The third-order valence-electron chi connectivity index (χ3n) is 10.0. The SMILES string of the molecule is CCCCCCC1CCC(CCC2CCC3CC(c4ccc(OCCC)cc4F)CCC3C2)CC1. The van der Waals surface area contributed by atoms with E-state index < -0.39 is 0 Å². The minimum absolute atomic E-state index is 0.0496. The van der Waals surface area contributed by atoms with E-state index in [1.165, 1.54) is 109 Å². The van der Waals surface area contributed by atoms with E-state index in [9.17, 15) is 4.39 Å². The van der Waals surface area contributed by atoms with Gasteiger partial charge in [-0.1, -0.05) is 97.0 Å². The molecule has 4 atom stereocenters. The lowest BCUT2D eigenvalue weighted by Gasteiger charge is -2.43. The molecule has 198 valence electrons. The van der Waals surface area contributed by atoms with Gasteiger partial charge in [-0.15, -0.1) is 0 Å². The first kappa shape index (κ1) is 27.0. The second-order valence-electron chi connectivity index (χ2n) is 12.6. The van der Waals surface area contributed by atoms with Crippen LogP contribution >= 0.6 is 0 Å². The van der Waals surface area contributed by atoms with E-state index in [1.54, 1.807) is 6.07 Å². The molecular formula is C33H53FO. The van der Waals surface area contributed by atoms with Gasteiger partial charge in [0.2, 0.25) is 0 Å². The van der Waals surface area contributed by atoms with E-state index in [0.29, 0.717) is 18.3 Å². The number of hydrogen-bond donors (Lipinski definition) is 0. The Hall–Kier alpha value is -1.05. The van der Waals surface area contributed by atoms with Gasteiger partial charge < -0.3 is 4.74 Å². The highest BCUT2D eigenvalue weighted by atomic mass is 19.1. The molecule has 4 unspecified atom stereocenters. The average molecular weight is 485 g/mol. The number of ether oxygens (including phenoxy) is 1. The van der Waals surface area contributed by atoms with Gasteiger partial charge in [0.05, 0.1) is 6.61 Å². The van der Waals surface area contributed by atoms with Gasteiger partial charge in [0.25, 0.3) is 0 Å². The fraction of sp³-hybridized carbons (Fsp3) is 0.818. The second kappa shape index (κ2) is 14.0. The summed E-state index contributed by atoms with van der Waals surface area (Å²) in [6.45, 7) is 5.06. The van der Waals surface area contributed by atoms with E-state index >= 15 is 0 Å². The van der Waals surface area contributed by atoms with Crippen molar-refractivity contribution in [1.29, 1.82) is 0 Å². The number of fused-ring (bicyclic) bond motifs is 1. The fourth-order valence-corrected chi connectivity index (χ4v) is 7.82. The van der Waals surface area contributed by atoms with Gasteiger partial charge >= 0.3 is 0 Å². The van der Waals surface area contributed by atoms with Crippen LogP contribution in [0.3, 0.4) is 0 Å². The summed E-state index contributed by atoms with van der Waals surface area (Å²) in [7, 11) is 0. The molecule has 3 saturated carbocycles. The first-order valence-corrected chi connectivity index (χ1v) is 15.6. The number of benzene rings is 1. The summed E-state index contributed by atoms with van der Waals surface area (Å²) in [6, 6.07) is 5.61. The van der Waals surface area contributed by atoms with Crippen LogP contribution in [0, 0.1) is 35.4 Å². The maximum Gasteiger partial charge on any atom is 0.130 e. The minimum atomic E-state index is -0.0496. The number of halogens is 1. The van der Waals surface area contributed by atoms with E-state index in [0.717, 1.165) is 41.6 Å². The molecule has 3 fully saturated rings. The Bertz CT molecular complexity index is 737. The van der Waals surface area contributed by atoms with Crippen molar-refractivity contribution in [2.75, 3.05) is 6.61 Å². The monoisotopic (exact) mass is 484 g/mol. The lowest BCUT2D eigenvalue weighted by Crippen LogP contribution is -2.31. The second-order valence-corrected chi connectivity index (χ2v) is 12.6. The van der Waals surface area contributed by atoms with Gasteiger partial charge in [0.15, 0.2) is 0 Å². The molecule has 35 heavy (non-hydrogen) atoms. The third-order valence-corrected chi connectivity index (χ3v) is 10.0. The summed E-state index contributed by atoms with van der Waals surface area (Å²) >= 11 is 0. The summed E-state index contributed by atoms with van der Waals surface area (Å²) in [5.74, 6) is 5.79. The van der Waals surface area contributed by atoms with Crippen LogP contribution in [0.5, 0.6) is 5.75 Å². The molecule has 0 radical (unpaired) electrons. The zero-order valence-electron chi connectivity index (χ0n) is 22.9. The maximum absolute atomic E-state index is 14.9. The molecule has 0 saturated heterocycles. The lowest BCUT2D eigenvalue weighted by atomic mass is 9.63. The highest BCUT2D eigenvalue weighted by molar-refractivity contribution is 5.31. The van der Waals surface area contributed by atoms with Crippen molar-refractivity contribution in [2.45, 2.75) is 135 Å².